The molecule has 0 aliphatic rings. The van der Waals surface area contributed by atoms with Crippen LogP contribution in [0, 0.1) is 0 Å². The lowest BCUT2D eigenvalue weighted by atomic mass is 10.2. The average Bonchev–Trinajstić information content (AvgIpc) is 2.73. The zero-order chi connectivity index (χ0) is 13.4. The van der Waals surface area contributed by atoms with Crippen LogP contribution in [-0.4, -0.2) is 24.8 Å². The SMILES string of the molecule is CC(C)(C)OC(=O)NCCCNCc1cccs1. The second-order valence-corrected chi connectivity index (χ2v) is 6.07. The number of rotatable bonds is 6. The molecular weight excluding hydrogens is 248 g/mol. The summed E-state index contributed by atoms with van der Waals surface area (Å²) < 4.78 is 5.13. The van der Waals surface area contributed by atoms with E-state index >= 15 is 0 Å². The van der Waals surface area contributed by atoms with Crippen molar-refractivity contribution in [3.05, 3.63) is 22.4 Å². The monoisotopic (exact) mass is 270 g/mol. The highest BCUT2D eigenvalue weighted by atomic mass is 32.1. The number of carbonyl (C=O) groups is 1. The maximum absolute atomic E-state index is 11.3. The highest BCUT2D eigenvalue weighted by Crippen LogP contribution is 2.07. The van der Waals surface area contributed by atoms with Crippen LogP contribution in [-0.2, 0) is 11.3 Å². The first-order chi connectivity index (χ1) is 8.47. The fourth-order valence-corrected chi connectivity index (χ4v) is 2.02. The summed E-state index contributed by atoms with van der Waals surface area (Å²) >= 11 is 1.75. The molecule has 0 aromatic carbocycles. The summed E-state index contributed by atoms with van der Waals surface area (Å²) in [6.07, 6.45) is 0.547. The summed E-state index contributed by atoms with van der Waals surface area (Å²) in [4.78, 5) is 12.7. The molecule has 0 unspecified atom stereocenters. The van der Waals surface area contributed by atoms with Crippen molar-refractivity contribution in [1.82, 2.24) is 10.6 Å². The van der Waals surface area contributed by atoms with E-state index in [1.165, 1.54) is 4.88 Å². The molecule has 0 bridgehead atoms. The fourth-order valence-electron chi connectivity index (χ4n) is 1.34. The Labute approximate surface area is 113 Å². The zero-order valence-corrected chi connectivity index (χ0v) is 12.1. The van der Waals surface area contributed by atoms with Crippen molar-refractivity contribution in [2.24, 2.45) is 0 Å². The summed E-state index contributed by atoms with van der Waals surface area (Å²) in [5.74, 6) is 0. The number of hydrogen-bond donors (Lipinski definition) is 2. The molecule has 0 atom stereocenters. The predicted octanol–water partition coefficient (Wildman–Crippen LogP) is 2.75. The smallest absolute Gasteiger partial charge is 0.407 e. The maximum Gasteiger partial charge on any atom is 0.407 e. The topological polar surface area (TPSA) is 50.4 Å². The number of hydrogen-bond acceptors (Lipinski definition) is 4. The fraction of sp³-hybridized carbons (Fsp3) is 0.615. The summed E-state index contributed by atoms with van der Waals surface area (Å²) in [5, 5.41) is 8.13. The molecule has 1 aromatic rings. The van der Waals surface area contributed by atoms with E-state index in [-0.39, 0.29) is 6.09 Å². The largest absolute Gasteiger partial charge is 0.444 e. The first-order valence-corrected chi connectivity index (χ1v) is 7.05. The van der Waals surface area contributed by atoms with E-state index in [9.17, 15) is 4.79 Å². The lowest BCUT2D eigenvalue weighted by Crippen LogP contribution is -2.33. The van der Waals surface area contributed by atoms with Crippen LogP contribution >= 0.6 is 11.3 Å². The lowest BCUT2D eigenvalue weighted by molar-refractivity contribution is 0.0527. The Morgan fingerprint density at radius 1 is 1.39 bits per heavy atom. The van der Waals surface area contributed by atoms with Crippen LogP contribution in [0.25, 0.3) is 0 Å². The van der Waals surface area contributed by atoms with Crippen molar-refractivity contribution in [3.8, 4) is 0 Å². The highest BCUT2D eigenvalue weighted by Gasteiger charge is 2.15. The normalized spacial score (nSPS) is 11.3. The third-order valence-corrected chi connectivity index (χ3v) is 2.95. The molecule has 18 heavy (non-hydrogen) atoms. The van der Waals surface area contributed by atoms with Gasteiger partial charge < -0.3 is 15.4 Å². The standard InChI is InChI=1S/C13H22N2O2S/c1-13(2,3)17-12(16)15-8-5-7-14-10-11-6-4-9-18-11/h4,6,9,14H,5,7-8,10H2,1-3H3,(H,15,16). The maximum atomic E-state index is 11.3. The molecule has 1 heterocycles. The van der Waals surface area contributed by atoms with Crippen LogP contribution < -0.4 is 10.6 Å². The van der Waals surface area contributed by atoms with Gasteiger partial charge in [-0.1, -0.05) is 6.07 Å². The Bertz CT molecular complexity index is 344. The quantitative estimate of drug-likeness (QED) is 0.781. The molecule has 102 valence electrons. The first-order valence-electron chi connectivity index (χ1n) is 6.17. The van der Waals surface area contributed by atoms with Gasteiger partial charge in [0.05, 0.1) is 0 Å². The highest BCUT2D eigenvalue weighted by molar-refractivity contribution is 7.09. The Morgan fingerprint density at radius 3 is 2.78 bits per heavy atom. The van der Waals surface area contributed by atoms with Crippen molar-refractivity contribution in [2.45, 2.75) is 39.3 Å². The number of thiophene rings is 1. The van der Waals surface area contributed by atoms with Gasteiger partial charge in [0.25, 0.3) is 0 Å². The van der Waals surface area contributed by atoms with Crippen LogP contribution in [0.2, 0.25) is 0 Å². The van der Waals surface area contributed by atoms with E-state index in [1.54, 1.807) is 11.3 Å². The molecule has 1 rings (SSSR count). The van der Waals surface area contributed by atoms with Crippen molar-refractivity contribution >= 4 is 17.4 Å². The molecule has 1 amide bonds. The summed E-state index contributed by atoms with van der Waals surface area (Å²) in [5.41, 5.74) is -0.429. The number of nitrogens with one attached hydrogen (secondary N) is 2. The van der Waals surface area contributed by atoms with E-state index in [2.05, 4.69) is 22.1 Å². The van der Waals surface area contributed by atoms with Crippen LogP contribution in [0.1, 0.15) is 32.1 Å². The molecular formula is C13H22N2O2S. The van der Waals surface area contributed by atoms with Crippen LogP contribution in [0.4, 0.5) is 4.79 Å². The Kier molecular flexibility index (Phi) is 6.15. The molecule has 0 aliphatic heterocycles. The lowest BCUT2D eigenvalue weighted by Gasteiger charge is -2.19. The number of ether oxygens (including phenoxy) is 1. The van der Waals surface area contributed by atoms with Crippen LogP contribution in [0.15, 0.2) is 17.5 Å². The molecule has 4 nitrogen and oxygen atoms in total. The Morgan fingerprint density at radius 2 is 2.17 bits per heavy atom. The van der Waals surface area contributed by atoms with E-state index < -0.39 is 5.60 Å². The molecule has 0 aliphatic carbocycles. The van der Waals surface area contributed by atoms with Crippen molar-refractivity contribution in [2.75, 3.05) is 13.1 Å². The third kappa shape index (κ3) is 7.29. The molecule has 0 saturated heterocycles. The number of amides is 1. The van der Waals surface area contributed by atoms with Gasteiger partial charge in [-0.15, -0.1) is 11.3 Å². The summed E-state index contributed by atoms with van der Waals surface area (Å²) in [6.45, 7) is 7.98. The van der Waals surface area contributed by atoms with Gasteiger partial charge in [-0.2, -0.15) is 0 Å². The second-order valence-electron chi connectivity index (χ2n) is 5.04. The van der Waals surface area contributed by atoms with Gasteiger partial charge in [-0.05, 0) is 45.2 Å². The summed E-state index contributed by atoms with van der Waals surface area (Å²) in [7, 11) is 0. The number of alkyl carbamates (subject to hydrolysis) is 1. The Balaban J connectivity index is 1.97. The predicted molar refractivity (Wildman–Crippen MR) is 74.9 cm³/mol. The first kappa shape index (κ1) is 15.0. The van der Waals surface area contributed by atoms with Crippen molar-refractivity contribution in [1.29, 1.82) is 0 Å². The van der Waals surface area contributed by atoms with Crippen LogP contribution in [0.5, 0.6) is 0 Å². The van der Waals surface area contributed by atoms with Crippen molar-refractivity contribution in [3.63, 3.8) is 0 Å². The van der Waals surface area contributed by atoms with Gasteiger partial charge in [0, 0.05) is 18.0 Å². The van der Waals surface area contributed by atoms with E-state index in [0.717, 1.165) is 19.5 Å². The number of carbonyl (C=O) groups excluding carboxylic acids is 1. The molecule has 2 N–H and O–H groups in total. The van der Waals surface area contributed by atoms with Gasteiger partial charge >= 0.3 is 6.09 Å². The van der Waals surface area contributed by atoms with Gasteiger partial charge in [0.1, 0.15) is 5.60 Å². The zero-order valence-electron chi connectivity index (χ0n) is 11.3. The van der Waals surface area contributed by atoms with Gasteiger partial charge in [0.2, 0.25) is 0 Å². The minimum atomic E-state index is -0.429. The minimum Gasteiger partial charge on any atom is -0.444 e. The molecule has 1 aromatic heterocycles. The second kappa shape index (κ2) is 7.38. The van der Waals surface area contributed by atoms with Gasteiger partial charge in [-0.3, -0.25) is 0 Å². The van der Waals surface area contributed by atoms with Crippen molar-refractivity contribution < 1.29 is 9.53 Å². The molecule has 0 saturated carbocycles. The van der Waals surface area contributed by atoms with E-state index in [1.807, 2.05) is 26.8 Å². The van der Waals surface area contributed by atoms with E-state index in [0.29, 0.717) is 6.54 Å². The molecule has 5 heteroatoms. The van der Waals surface area contributed by atoms with Crippen LogP contribution in [0.3, 0.4) is 0 Å². The summed E-state index contributed by atoms with van der Waals surface area (Å²) in [6, 6.07) is 4.16. The third-order valence-electron chi connectivity index (χ3n) is 2.08. The van der Waals surface area contributed by atoms with Gasteiger partial charge in [-0.25, -0.2) is 4.79 Å². The van der Waals surface area contributed by atoms with Gasteiger partial charge in [0.15, 0.2) is 0 Å². The Hall–Kier alpha value is -1.07. The molecule has 0 radical (unpaired) electrons. The van der Waals surface area contributed by atoms with E-state index in [4.69, 9.17) is 4.74 Å². The average molecular weight is 270 g/mol. The molecule has 0 spiro atoms. The minimum absolute atomic E-state index is 0.347. The molecule has 0 fully saturated rings.